The van der Waals surface area contributed by atoms with E-state index < -0.39 is 18.6 Å². The second-order valence-electron chi connectivity index (χ2n) is 5.77. The molecule has 3 N–H and O–H groups in total. The number of hydrogen-bond donors (Lipinski definition) is 3. The highest BCUT2D eigenvalue weighted by Crippen LogP contribution is 2.03. The maximum absolute atomic E-state index is 11.6. The zero-order valence-electron chi connectivity index (χ0n) is 15.3. The van der Waals surface area contributed by atoms with Crippen LogP contribution in [0.3, 0.4) is 0 Å². The van der Waals surface area contributed by atoms with Crippen molar-refractivity contribution in [3.8, 4) is 0 Å². The van der Waals surface area contributed by atoms with Gasteiger partial charge < -0.3 is 19.5 Å². The van der Waals surface area contributed by atoms with Crippen molar-refractivity contribution in [2.45, 2.75) is 25.7 Å². The van der Waals surface area contributed by atoms with Gasteiger partial charge in [-0.1, -0.05) is 30.3 Å². The quantitative estimate of drug-likeness (QED) is 0.244. The predicted octanol–water partition coefficient (Wildman–Crippen LogP) is 1.62. The molecular weight excluding hydrogens is 354 g/mol. The van der Waals surface area contributed by atoms with Crippen molar-refractivity contribution in [1.29, 1.82) is 5.41 Å². The van der Waals surface area contributed by atoms with Crippen LogP contribution in [0, 0.1) is 5.41 Å². The molecule has 9 heteroatoms. The van der Waals surface area contributed by atoms with Gasteiger partial charge in [0.1, 0.15) is 6.54 Å². The number of carbonyl (C=O) groups is 3. The molecule has 0 aliphatic rings. The maximum atomic E-state index is 11.6. The molecule has 0 bridgehead atoms. The average molecular weight is 379 g/mol. The Morgan fingerprint density at radius 1 is 1.11 bits per heavy atom. The van der Waals surface area contributed by atoms with Gasteiger partial charge in [0.05, 0.1) is 13.2 Å². The van der Waals surface area contributed by atoms with Gasteiger partial charge in [-0.05, 0) is 24.8 Å². The molecule has 1 amide bonds. The fourth-order valence-corrected chi connectivity index (χ4v) is 2.03. The lowest BCUT2D eigenvalue weighted by Gasteiger charge is -2.17. The normalized spacial score (nSPS) is 9.96. The summed E-state index contributed by atoms with van der Waals surface area (Å²) in [6, 6.07) is 9.66. The summed E-state index contributed by atoms with van der Waals surface area (Å²) < 4.78 is 9.99. The number of amides is 1. The van der Waals surface area contributed by atoms with Crippen LogP contribution in [0.15, 0.2) is 30.3 Å². The average Bonchev–Trinajstić information content (AvgIpc) is 2.63. The van der Waals surface area contributed by atoms with Crippen LogP contribution in [0.2, 0.25) is 0 Å². The Bertz CT molecular complexity index is 635. The molecule has 0 atom stereocenters. The van der Waals surface area contributed by atoms with Crippen molar-refractivity contribution in [3.05, 3.63) is 35.9 Å². The summed E-state index contributed by atoms with van der Waals surface area (Å²) in [4.78, 5) is 34.7. The van der Waals surface area contributed by atoms with Crippen molar-refractivity contribution in [3.63, 3.8) is 0 Å². The molecular formula is C18H25N3O6. The largest absolute Gasteiger partial charge is 0.480 e. The minimum absolute atomic E-state index is 0.101. The van der Waals surface area contributed by atoms with Crippen LogP contribution < -0.4 is 5.32 Å². The van der Waals surface area contributed by atoms with E-state index in [1.807, 2.05) is 30.3 Å². The highest BCUT2D eigenvalue weighted by Gasteiger charge is 2.12. The van der Waals surface area contributed by atoms with Gasteiger partial charge in [-0.2, -0.15) is 0 Å². The van der Waals surface area contributed by atoms with Gasteiger partial charge in [0, 0.05) is 13.5 Å². The van der Waals surface area contributed by atoms with Gasteiger partial charge >= 0.3 is 18.0 Å². The number of guanidine groups is 1. The highest BCUT2D eigenvalue weighted by molar-refractivity contribution is 5.93. The molecule has 0 aromatic heterocycles. The molecule has 0 radical (unpaired) electrons. The van der Waals surface area contributed by atoms with E-state index in [0.29, 0.717) is 25.7 Å². The number of aryl methyl sites for hydroxylation is 1. The van der Waals surface area contributed by atoms with Crippen molar-refractivity contribution in [2.24, 2.45) is 0 Å². The third kappa shape index (κ3) is 10.5. The van der Waals surface area contributed by atoms with Gasteiger partial charge in [-0.3, -0.25) is 20.3 Å². The first kappa shape index (κ1) is 21.9. The Morgan fingerprint density at radius 3 is 2.37 bits per heavy atom. The molecule has 0 heterocycles. The fourth-order valence-electron chi connectivity index (χ4n) is 2.03. The Kier molecular flexibility index (Phi) is 9.98. The van der Waals surface area contributed by atoms with Crippen LogP contribution in [0.25, 0.3) is 0 Å². The molecule has 1 rings (SSSR count). The standard InChI is InChI=1S/C18H25N3O6/c1-21(13-15(22)23)17(19)20-18(25)27-12-6-5-11-26-16(24)10-9-14-7-3-2-4-8-14/h2-4,7-8H,5-6,9-13H2,1H3,(H,22,23)(H2,19,20,25). The van der Waals surface area contributed by atoms with E-state index in [1.165, 1.54) is 7.05 Å². The zero-order chi connectivity index (χ0) is 20.1. The third-order valence-corrected chi connectivity index (χ3v) is 3.47. The Labute approximate surface area is 157 Å². The van der Waals surface area contributed by atoms with E-state index in [1.54, 1.807) is 0 Å². The fraction of sp³-hybridized carbons (Fsp3) is 0.444. The molecule has 0 spiro atoms. The number of esters is 1. The number of benzene rings is 1. The molecule has 0 saturated carbocycles. The smallest absolute Gasteiger partial charge is 0.413 e. The van der Waals surface area contributed by atoms with E-state index in [-0.39, 0.29) is 25.1 Å². The van der Waals surface area contributed by atoms with Crippen molar-refractivity contribution in [2.75, 3.05) is 26.8 Å². The Morgan fingerprint density at radius 2 is 1.74 bits per heavy atom. The first-order valence-electron chi connectivity index (χ1n) is 8.53. The number of carboxylic acids is 1. The third-order valence-electron chi connectivity index (χ3n) is 3.47. The molecule has 0 aliphatic carbocycles. The number of nitrogens with one attached hydrogen (secondary N) is 2. The predicted molar refractivity (Wildman–Crippen MR) is 97.4 cm³/mol. The van der Waals surface area contributed by atoms with E-state index in [9.17, 15) is 14.4 Å². The number of hydrogen-bond acceptors (Lipinski definition) is 6. The van der Waals surface area contributed by atoms with E-state index in [2.05, 4.69) is 5.32 Å². The van der Waals surface area contributed by atoms with Crippen LogP contribution in [0.4, 0.5) is 4.79 Å². The van der Waals surface area contributed by atoms with E-state index >= 15 is 0 Å². The lowest BCUT2D eigenvalue weighted by molar-refractivity contribution is -0.143. The number of rotatable bonds is 10. The number of likely N-dealkylation sites (N-methyl/N-ethyl adjacent to an activating group) is 1. The molecule has 148 valence electrons. The number of carbonyl (C=O) groups excluding carboxylic acids is 2. The molecule has 1 aromatic carbocycles. The molecule has 0 unspecified atom stereocenters. The molecule has 0 fully saturated rings. The highest BCUT2D eigenvalue weighted by atomic mass is 16.5. The van der Waals surface area contributed by atoms with Crippen LogP contribution in [0.5, 0.6) is 0 Å². The lowest BCUT2D eigenvalue weighted by atomic mass is 10.1. The number of aliphatic carboxylic acids is 1. The number of unbranched alkanes of at least 4 members (excludes halogenated alkanes) is 1. The van der Waals surface area contributed by atoms with Gasteiger partial charge in [0.25, 0.3) is 0 Å². The number of alkyl carbamates (subject to hydrolysis) is 1. The lowest BCUT2D eigenvalue weighted by Crippen LogP contribution is -2.43. The molecule has 27 heavy (non-hydrogen) atoms. The van der Waals surface area contributed by atoms with E-state index in [0.717, 1.165) is 10.5 Å². The summed E-state index contributed by atoms with van der Waals surface area (Å²) in [5, 5.41) is 18.2. The number of nitrogens with zero attached hydrogens (tertiary/aromatic N) is 1. The van der Waals surface area contributed by atoms with Crippen molar-refractivity contribution in [1.82, 2.24) is 10.2 Å². The summed E-state index contributed by atoms with van der Waals surface area (Å²) >= 11 is 0. The van der Waals surface area contributed by atoms with Crippen molar-refractivity contribution >= 4 is 24.0 Å². The van der Waals surface area contributed by atoms with E-state index in [4.69, 9.17) is 20.0 Å². The van der Waals surface area contributed by atoms with Gasteiger partial charge in [0.15, 0.2) is 0 Å². The first-order chi connectivity index (χ1) is 12.9. The summed E-state index contributed by atoms with van der Waals surface area (Å²) in [7, 11) is 1.36. The van der Waals surface area contributed by atoms with Gasteiger partial charge in [0.2, 0.25) is 5.96 Å². The minimum Gasteiger partial charge on any atom is -0.480 e. The first-order valence-corrected chi connectivity index (χ1v) is 8.53. The van der Waals surface area contributed by atoms with Crippen LogP contribution in [0.1, 0.15) is 24.8 Å². The van der Waals surface area contributed by atoms with Crippen molar-refractivity contribution < 1.29 is 29.0 Å². The Balaban J connectivity index is 2.04. The second kappa shape index (κ2) is 12.3. The van der Waals surface area contributed by atoms with Crippen LogP contribution in [-0.4, -0.2) is 60.8 Å². The minimum atomic E-state index is -1.12. The molecule has 0 aliphatic heterocycles. The van der Waals surface area contributed by atoms with Gasteiger partial charge in [-0.25, -0.2) is 4.79 Å². The topological polar surface area (TPSA) is 129 Å². The Hall–Kier alpha value is -3.10. The maximum Gasteiger partial charge on any atom is 0.413 e. The van der Waals surface area contributed by atoms with Gasteiger partial charge in [-0.15, -0.1) is 0 Å². The number of ether oxygens (including phenoxy) is 2. The molecule has 9 nitrogen and oxygen atoms in total. The summed E-state index contributed by atoms with van der Waals surface area (Å²) in [5.41, 5.74) is 1.08. The van der Waals surface area contributed by atoms with Crippen LogP contribution in [-0.2, 0) is 25.5 Å². The molecule has 0 saturated heterocycles. The van der Waals surface area contributed by atoms with Crippen LogP contribution >= 0.6 is 0 Å². The summed E-state index contributed by atoms with van der Waals surface area (Å²) in [6.07, 6.45) is 1.15. The molecule has 1 aromatic rings. The monoisotopic (exact) mass is 379 g/mol. The zero-order valence-corrected chi connectivity index (χ0v) is 15.3. The summed E-state index contributed by atoms with van der Waals surface area (Å²) in [6.45, 7) is -0.0617. The summed E-state index contributed by atoms with van der Waals surface area (Å²) in [5.74, 6) is -1.75. The SMILES string of the molecule is CN(CC(=O)O)C(=N)NC(=O)OCCCCOC(=O)CCc1ccccc1. The number of carboxylic acid groups (broad SMARTS) is 1. The second-order valence-corrected chi connectivity index (χ2v) is 5.77.